The number of benzene rings is 1. The molecule has 13 heteroatoms. The van der Waals surface area contributed by atoms with Gasteiger partial charge in [-0.05, 0) is 42.5 Å². The van der Waals surface area contributed by atoms with E-state index in [9.17, 15) is 22.8 Å². The molecule has 0 bridgehead atoms. The van der Waals surface area contributed by atoms with Gasteiger partial charge in [0.25, 0.3) is 0 Å². The fourth-order valence-electron chi connectivity index (χ4n) is 2.66. The number of rotatable bonds is 11. The number of carbonyl (C=O) groups is 3. The van der Waals surface area contributed by atoms with Crippen LogP contribution >= 0.6 is 0 Å². The van der Waals surface area contributed by atoms with Crippen LogP contribution in [0.25, 0.3) is 10.4 Å². The van der Waals surface area contributed by atoms with Crippen LogP contribution in [-0.2, 0) is 30.6 Å². The SMILES string of the molecule is CC(NC(=O)C(N=[N+]=[N-])C(C)C)C(=O)Nc1ccc(CC(COC(N)=O)S(C)(=O)=O)cc1. The number of carbonyl (C=O) groups excluding carboxylic acids is 3. The topological polar surface area (TPSA) is 193 Å². The molecule has 4 N–H and O–H groups in total. The average Bonchev–Trinajstić information content (AvgIpc) is 2.68. The van der Waals surface area contributed by atoms with E-state index in [0.29, 0.717) is 11.3 Å². The first-order valence-corrected chi connectivity index (χ1v) is 11.7. The first-order chi connectivity index (χ1) is 14.8. The maximum Gasteiger partial charge on any atom is 0.404 e. The summed E-state index contributed by atoms with van der Waals surface area (Å²) in [5, 5.41) is 7.64. The Morgan fingerprint density at radius 3 is 2.22 bits per heavy atom. The van der Waals surface area contributed by atoms with E-state index in [1.165, 1.54) is 6.92 Å². The molecule has 0 aliphatic carbocycles. The Morgan fingerprint density at radius 2 is 1.75 bits per heavy atom. The van der Waals surface area contributed by atoms with Gasteiger partial charge in [-0.15, -0.1) is 0 Å². The summed E-state index contributed by atoms with van der Waals surface area (Å²) in [6, 6.07) is 4.57. The lowest BCUT2D eigenvalue weighted by Crippen LogP contribution is -2.46. The van der Waals surface area contributed by atoms with E-state index in [1.54, 1.807) is 38.1 Å². The van der Waals surface area contributed by atoms with Crippen LogP contribution in [0.15, 0.2) is 29.4 Å². The van der Waals surface area contributed by atoms with Gasteiger partial charge in [-0.1, -0.05) is 31.1 Å². The molecule has 0 radical (unpaired) electrons. The van der Waals surface area contributed by atoms with Crippen LogP contribution in [0.3, 0.4) is 0 Å². The van der Waals surface area contributed by atoms with Crippen molar-refractivity contribution in [1.29, 1.82) is 0 Å². The molecule has 176 valence electrons. The second-order valence-electron chi connectivity index (χ2n) is 7.60. The molecule has 1 aromatic carbocycles. The third-order valence-electron chi connectivity index (χ3n) is 4.53. The number of anilines is 1. The number of azide groups is 1. The molecule has 0 saturated heterocycles. The van der Waals surface area contributed by atoms with Crippen LogP contribution in [-0.4, -0.2) is 56.5 Å². The molecule has 0 aromatic heterocycles. The Morgan fingerprint density at radius 1 is 1.16 bits per heavy atom. The Bertz CT molecular complexity index is 973. The highest BCUT2D eigenvalue weighted by Gasteiger charge is 2.25. The molecule has 3 amide bonds. The molecule has 0 fully saturated rings. The Hall–Kier alpha value is -3.31. The van der Waals surface area contributed by atoms with Crippen LogP contribution in [0.5, 0.6) is 0 Å². The van der Waals surface area contributed by atoms with Gasteiger partial charge in [-0.25, -0.2) is 13.2 Å². The summed E-state index contributed by atoms with van der Waals surface area (Å²) in [5.74, 6) is -1.28. The summed E-state index contributed by atoms with van der Waals surface area (Å²) in [7, 11) is -3.50. The number of ether oxygens (including phenoxy) is 1. The molecule has 3 atom stereocenters. The lowest BCUT2D eigenvalue weighted by Gasteiger charge is -2.19. The third-order valence-corrected chi connectivity index (χ3v) is 6.04. The van der Waals surface area contributed by atoms with Crippen molar-refractivity contribution in [2.24, 2.45) is 16.8 Å². The summed E-state index contributed by atoms with van der Waals surface area (Å²) in [6.45, 7) is 4.57. The van der Waals surface area contributed by atoms with Crippen LogP contribution in [0.2, 0.25) is 0 Å². The van der Waals surface area contributed by atoms with Crippen molar-refractivity contribution in [1.82, 2.24) is 5.32 Å². The quantitative estimate of drug-likeness (QED) is 0.250. The molecule has 1 aromatic rings. The summed E-state index contributed by atoms with van der Waals surface area (Å²) in [6.07, 6.45) is 0.0676. The number of hydrogen-bond donors (Lipinski definition) is 3. The zero-order chi connectivity index (χ0) is 24.5. The van der Waals surface area contributed by atoms with Gasteiger partial charge in [0.1, 0.15) is 18.7 Å². The molecular weight excluding hydrogens is 440 g/mol. The molecule has 0 aliphatic heterocycles. The summed E-state index contributed by atoms with van der Waals surface area (Å²) in [4.78, 5) is 38.0. The Labute approximate surface area is 186 Å². The molecule has 0 spiro atoms. The van der Waals surface area contributed by atoms with E-state index in [2.05, 4.69) is 25.4 Å². The van der Waals surface area contributed by atoms with Gasteiger partial charge in [0.15, 0.2) is 9.84 Å². The van der Waals surface area contributed by atoms with E-state index in [0.717, 1.165) is 6.26 Å². The zero-order valence-electron chi connectivity index (χ0n) is 18.3. The Balaban J connectivity index is 2.76. The van der Waals surface area contributed by atoms with E-state index < -0.39 is 45.1 Å². The maximum atomic E-state index is 12.4. The highest BCUT2D eigenvalue weighted by atomic mass is 32.2. The minimum atomic E-state index is -3.50. The number of primary amides is 1. The normalized spacial score (nSPS) is 13.9. The number of sulfone groups is 1. The van der Waals surface area contributed by atoms with Crippen molar-refractivity contribution < 1.29 is 27.5 Å². The second-order valence-corrected chi connectivity index (χ2v) is 9.92. The predicted octanol–water partition coefficient (Wildman–Crippen LogP) is 1.52. The minimum Gasteiger partial charge on any atom is -0.448 e. The highest BCUT2D eigenvalue weighted by Crippen LogP contribution is 2.15. The van der Waals surface area contributed by atoms with Gasteiger partial charge in [0.2, 0.25) is 11.8 Å². The summed E-state index contributed by atoms with van der Waals surface area (Å²) < 4.78 is 28.4. The molecule has 0 aliphatic rings. The molecule has 12 nitrogen and oxygen atoms in total. The van der Waals surface area contributed by atoms with Crippen molar-refractivity contribution in [3.63, 3.8) is 0 Å². The fraction of sp³-hybridized carbons (Fsp3) is 0.526. The fourth-order valence-corrected chi connectivity index (χ4v) is 3.47. The van der Waals surface area contributed by atoms with E-state index in [-0.39, 0.29) is 18.9 Å². The third kappa shape index (κ3) is 8.82. The molecule has 3 unspecified atom stereocenters. The second kappa shape index (κ2) is 11.9. The molecule has 0 heterocycles. The van der Waals surface area contributed by atoms with Crippen molar-refractivity contribution >= 4 is 33.4 Å². The number of nitrogens with two attached hydrogens (primary N) is 1. The largest absolute Gasteiger partial charge is 0.448 e. The average molecular weight is 469 g/mol. The summed E-state index contributed by atoms with van der Waals surface area (Å²) in [5.41, 5.74) is 14.6. The summed E-state index contributed by atoms with van der Waals surface area (Å²) >= 11 is 0. The molecule has 32 heavy (non-hydrogen) atoms. The zero-order valence-corrected chi connectivity index (χ0v) is 19.1. The van der Waals surface area contributed by atoms with E-state index in [1.807, 2.05) is 0 Å². The van der Waals surface area contributed by atoms with Gasteiger partial charge in [-0.3, -0.25) is 9.59 Å². The predicted molar refractivity (Wildman–Crippen MR) is 118 cm³/mol. The van der Waals surface area contributed by atoms with Crippen molar-refractivity contribution in [2.75, 3.05) is 18.2 Å². The van der Waals surface area contributed by atoms with Crippen LogP contribution in [0.4, 0.5) is 10.5 Å². The van der Waals surface area contributed by atoms with Crippen LogP contribution < -0.4 is 16.4 Å². The van der Waals surface area contributed by atoms with Crippen LogP contribution in [0.1, 0.15) is 26.3 Å². The van der Waals surface area contributed by atoms with Crippen molar-refractivity contribution in [3.05, 3.63) is 40.3 Å². The lowest BCUT2D eigenvalue weighted by atomic mass is 10.0. The monoisotopic (exact) mass is 468 g/mol. The molecule has 0 saturated carbocycles. The number of nitrogens with zero attached hydrogens (tertiary/aromatic N) is 3. The van der Waals surface area contributed by atoms with Gasteiger partial charge in [0.05, 0.1) is 5.25 Å². The molecular formula is C19H28N6O6S. The van der Waals surface area contributed by atoms with E-state index in [4.69, 9.17) is 11.3 Å². The van der Waals surface area contributed by atoms with E-state index >= 15 is 0 Å². The standard InChI is InChI=1S/C19H28N6O6S/c1-11(2)16(24-25-21)18(27)22-12(3)17(26)23-14-7-5-13(6-8-14)9-15(32(4,29)30)10-31-19(20)28/h5-8,11-12,15-16H,9-10H2,1-4H3,(H2,20,28)(H,22,27)(H,23,26). The number of nitrogens with one attached hydrogen (secondary N) is 2. The lowest BCUT2D eigenvalue weighted by molar-refractivity contribution is -0.127. The van der Waals surface area contributed by atoms with Gasteiger partial charge in [0, 0.05) is 16.9 Å². The van der Waals surface area contributed by atoms with Gasteiger partial charge in [-0.2, -0.15) is 0 Å². The first-order valence-electron chi connectivity index (χ1n) is 9.70. The first kappa shape index (κ1) is 26.7. The molecule has 1 rings (SSSR count). The van der Waals surface area contributed by atoms with Crippen LogP contribution in [0, 0.1) is 5.92 Å². The number of amides is 3. The smallest absolute Gasteiger partial charge is 0.404 e. The van der Waals surface area contributed by atoms with Crippen molar-refractivity contribution in [2.45, 2.75) is 44.5 Å². The highest BCUT2D eigenvalue weighted by molar-refractivity contribution is 7.91. The maximum absolute atomic E-state index is 12.4. The van der Waals surface area contributed by atoms with Gasteiger partial charge >= 0.3 is 6.09 Å². The minimum absolute atomic E-state index is 0.0861. The van der Waals surface area contributed by atoms with Crippen molar-refractivity contribution in [3.8, 4) is 0 Å². The Kier molecular flexibility index (Phi) is 9.95. The van der Waals surface area contributed by atoms with Gasteiger partial charge < -0.3 is 21.1 Å². The number of hydrogen-bond acceptors (Lipinski definition) is 7.